The molecule has 1 aromatic carbocycles. The van der Waals surface area contributed by atoms with Gasteiger partial charge in [0.25, 0.3) is 0 Å². The highest BCUT2D eigenvalue weighted by Crippen LogP contribution is 2.24. The quantitative estimate of drug-likeness (QED) is 0.917. The van der Waals surface area contributed by atoms with Crippen molar-refractivity contribution in [3.8, 4) is 5.75 Å². The number of nitrogen functional groups attached to an aromatic ring is 1. The van der Waals surface area contributed by atoms with Gasteiger partial charge in [-0.25, -0.2) is 4.98 Å². The number of rotatable bonds is 3. The standard InChI is InChI=1S/C15H19N3O/c1-19-13-5-4-11-8-12(10-18-6-2-3-7-18)15(16)17-14(11)9-13/h4-5,8-9H,2-3,6-7,10H2,1H3,(H2,16,17). The van der Waals surface area contributed by atoms with Gasteiger partial charge in [-0.05, 0) is 44.1 Å². The lowest BCUT2D eigenvalue weighted by atomic mass is 10.1. The van der Waals surface area contributed by atoms with Crippen LogP contribution in [0.2, 0.25) is 0 Å². The number of likely N-dealkylation sites (tertiary alicyclic amines) is 1. The Morgan fingerprint density at radius 3 is 2.79 bits per heavy atom. The minimum atomic E-state index is 0.632. The number of hydrogen-bond donors (Lipinski definition) is 1. The second kappa shape index (κ2) is 5.05. The Balaban J connectivity index is 1.94. The van der Waals surface area contributed by atoms with Crippen LogP contribution in [-0.4, -0.2) is 30.1 Å². The molecular formula is C15H19N3O. The normalized spacial score (nSPS) is 16.1. The first-order valence-electron chi connectivity index (χ1n) is 6.72. The Hall–Kier alpha value is -1.81. The van der Waals surface area contributed by atoms with E-state index in [1.807, 2.05) is 18.2 Å². The molecule has 0 bridgehead atoms. The van der Waals surface area contributed by atoms with Crippen LogP contribution in [0.1, 0.15) is 18.4 Å². The summed E-state index contributed by atoms with van der Waals surface area (Å²) in [7, 11) is 1.66. The summed E-state index contributed by atoms with van der Waals surface area (Å²) in [6.45, 7) is 3.24. The monoisotopic (exact) mass is 257 g/mol. The van der Waals surface area contributed by atoms with Gasteiger partial charge in [-0.3, -0.25) is 4.90 Å². The molecule has 0 amide bonds. The number of nitrogens with zero attached hydrogens (tertiary/aromatic N) is 2. The van der Waals surface area contributed by atoms with Crippen molar-refractivity contribution in [1.29, 1.82) is 0 Å². The van der Waals surface area contributed by atoms with Gasteiger partial charge in [0.1, 0.15) is 11.6 Å². The molecule has 100 valence electrons. The van der Waals surface area contributed by atoms with E-state index in [0.29, 0.717) is 5.82 Å². The fourth-order valence-electron chi connectivity index (χ4n) is 2.64. The maximum absolute atomic E-state index is 6.08. The summed E-state index contributed by atoms with van der Waals surface area (Å²) in [6.07, 6.45) is 2.58. The minimum absolute atomic E-state index is 0.632. The third-order valence-electron chi connectivity index (χ3n) is 3.73. The highest BCUT2D eigenvalue weighted by molar-refractivity contribution is 5.82. The van der Waals surface area contributed by atoms with E-state index in [0.717, 1.165) is 28.8 Å². The molecule has 0 radical (unpaired) electrons. The summed E-state index contributed by atoms with van der Waals surface area (Å²) in [5.74, 6) is 1.44. The van der Waals surface area contributed by atoms with Crippen LogP contribution >= 0.6 is 0 Å². The molecular weight excluding hydrogens is 238 g/mol. The Morgan fingerprint density at radius 2 is 2.05 bits per heavy atom. The predicted molar refractivity (Wildman–Crippen MR) is 77.2 cm³/mol. The first kappa shape index (κ1) is 12.2. The van der Waals surface area contributed by atoms with Crippen molar-refractivity contribution < 1.29 is 4.74 Å². The van der Waals surface area contributed by atoms with E-state index in [-0.39, 0.29) is 0 Å². The molecule has 0 unspecified atom stereocenters. The van der Waals surface area contributed by atoms with Gasteiger partial charge in [-0.1, -0.05) is 0 Å². The molecule has 1 saturated heterocycles. The summed E-state index contributed by atoms with van der Waals surface area (Å²) >= 11 is 0. The number of hydrogen-bond acceptors (Lipinski definition) is 4. The predicted octanol–water partition coefficient (Wildman–Crippen LogP) is 2.42. The second-order valence-corrected chi connectivity index (χ2v) is 5.07. The number of pyridine rings is 1. The van der Waals surface area contributed by atoms with Crippen LogP contribution in [0.5, 0.6) is 5.75 Å². The number of methoxy groups -OCH3 is 1. The molecule has 0 spiro atoms. The van der Waals surface area contributed by atoms with Crippen LogP contribution in [-0.2, 0) is 6.54 Å². The first-order chi connectivity index (χ1) is 9.26. The molecule has 1 aromatic heterocycles. The lowest BCUT2D eigenvalue weighted by Gasteiger charge is -2.16. The highest BCUT2D eigenvalue weighted by Gasteiger charge is 2.14. The largest absolute Gasteiger partial charge is 0.497 e. The van der Waals surface area contributed by atoms with Gasteiger partial charge < -0.3 is 10.5 Å². The number of nitrogens with two attached hydrogens (primary N) is 1. The summed E-state index contributed by atoms with van der Waals surface area (Å²) in [4.78, 5) is 6.93. The first-order valence-corrected chi connectivity index (χ1v) is 6.72. The topological polar surface area (TPSA) is 51.4 Å². The van der Waals surface area contributed by atoms with Gasteiger partial charge in [0.15, 0.2) is 0 Å². The zero-order chi connectivity index (χ0) is 13.2. The third-order valence-corrected chi connectivity index (χ3v) is 3.73. The van der Waals surface area contributed by atoms with E-state index in [2.05, 4.69) is 16.0 Å². The van der Waals surface area contributed by atoms with Crippen LogP contribution in [0.25, 0.3) is 10.9 Å². The number of ether oxygens (including phenoxy) is 1. The van der Waals surface area contributed by atoms with Gasteiger partial charge >= 0.3 is 0 Å². The van der Waals surface area contributed by atoms with Crippen LogP contribution in [0.3, 0.4) is 0 Å². The molecule has 1 fully saturated rings. The lowest BCUT2D eigenvalue weighted by molar-refractivity contribution is 0.332. The number of aromatic nitrogens is 1. The minimum Gasteiger partial charge on any atom is -0.497 e. The molecule has 4 heteroatoms. The van der Waals surface area contributed by atoms with Crippen molar-refractivity contribution in [3.63, 3.8) is 0 Å². The van der Waals surface area contributed by atoms with Crippen molar-refractivity contribution in [1.82, 2.24) is 9.88 Å². The molecule has 0 aliphatic carbocycles. The van der Waals surface area contributed by atoms with Crippen LogP contribution in [0.15, 0.2) is 24.3 Å². The van der Waals surface area contributed by atoms with Gasteiger partial charge in [0.2, 0.25) is 0 Å². The molecule has 0 atom stereocenters. The molecule has 2 N–H and O–H groups in total. The van der Waals surface area contributed by atoms with Gasteiger partial charge in [0.05, 0.1) is 12.6 Å². The Kier molecular flexibility index (Phi) is 3.25. The number of benzene rings is 1. The van der Waals surface area contributed by atoms with Gasteiger partial charge in [-0.2, -0.15) is 0 Å². The fraction of sp³-hybridized carbons (Fsp3) is 0.400. The smallest absolute Gasteiger partial charge is 0.128 e. The molecule has 0 saturated carbocycles. The van der Waals surface area contributed by atoms with Crippen molar-refractivity contribution in [2.24, 2.45) is 0 Å². The van der Waals surface area contributed by atoms with Gasteiger partial charge in [0, 0.05) is 23.6 Å². The van der Waals surface area contributed by atoms with E-state index in [4.69, 9.17) is 10.5 Å². The molecule has 2 aromatic rings. The maximum Gasteiger partial charge on any atom is 0.128 e. The zero-order valence-electron chi connectivity index (χ0n) is 11.2. The van der Waals surface area contributed by atoms with Crippen LogP contribution in [0, 0.1) is 0 Å². The number of anilines is 1. The molecule has 2 heterocycles. The second-order valence-electron chi connectivity index (χ2n) is 5.07. The summed E-state index contributed by atoms with van der Waals surface area (Å²) in [5, 5.41) is 1.11. The highest BCUT2D eigenvalue weighted by atomic mass is 16.5. The zero-order valence-corrected chi connectivity index (χ0v) is 11.2. The SMILES string of the molecule is COc1ccc2cc(CN3CCCC3)c(N)nc2c1. The van der Waals surface area contributed by atoms with Crippen LogP contribution in [0.4, 0.5) is 5.82 Å². The summed E-state index contributed by atoms with van der Waals surface area (Å²) < 4.78 is 5.21. The summed E-state index contributed by atoms with van der Waals surface area (Å²) in [5.41, 5.74) is 8.09. The van der Waals surface area contributed by atoms with E-state index >= 15 is 0 Å². The van der Waals surface area contributed by atoms with E-state index < -0.39 is 0 Å². The van der Waals surface area contributed by atoms with Crippen molar-refractivity contribution >= 4 is 16.7 Å². The van der Waals surface area contributed by atoms with Crippen molar-refractivity contribution in [2.45, 2.75) is 19.4 Å². The Labute approximate surface area is 113 Å². The fourth-order valence-corrected chi connectivity index (χ4v) is 2.64. The Morgan fingerprint density at radius 1 is 1.26 bits per heavy atom. The molecule has 1 aliphatic heterocycles. The maximum atomic E-state index is 6.08. The van der Waals surface area contributed by atoms with Crippen molar-refractivity contribution in [2.75, 3.05) is 25.9 Å². The van der Waals surface area contributed by atoms with E-state index in [1.54, 1.807) is 7.11 Å². The molecule has 19 heavy (non-hydrogen) atoms. The molecule has 3 rings (SSSR count). The summed E-state index contributed by atoms with van der Waals surface area (Å²) in [6, 6.07) is 8.06. The lowest BCUT2D eigenvalue weighted by Crippen LogP contribution is -2.19. The Bertz CT molecular complexity index is 591. The van der Waals surface area contributed by atoms with Crippen LogP contribution < -0.4 is 10.5 Å². The van der Waals surface area contributed by atoms with E-state index in [9.17, 15) is 0 Å². The molecule has 4 nitrogen and oxygen atoms in total. The van der Waals surface area contributed by atoms with Gasteiger partial charge in [-0.15, -0.1) is 0 Å². The third kappa shape index (κ3) is 2.49. The average molecular weight is 257 g/mol. The van der Waals surface area contributed by atoms with E-state index in [1.165, 1.54) is 25.9 Å². The molecule has 1 aliphatic rings. The number of fused-ring (bicyclic) bond motifs is 1. The average Bonchev–Trinajstić information content (AvgIpc) is 2.92. The van der Waals surface area contributed by atoms with Crippen molar-refractivity contribution in [3.05, 3.63) is 29.8 Å².